The van der Waals surface area contributed by atoms with Crippen LogP contribution in [0.25, 0.3) is 11.1 Å². The molecule has 0 saturated carbocycles. The fourth-order valence-corrected chi connectivity index (χ4v) is 4.08. The van der Waals surface area contributed by atoms with E-state index in [0.717, 1.165) is 23.2 Å². The molecule has 0 fully saturated rings. The van der Waals surface area contributed by atoms with Crippen molar-refractivity contribution in [1.82, 2.24) is 9.88 Å². The van der Waals surface area contributed by atoms with Crippen LogP contribution in [0.4, 0.5) is 17.6 Å². The van der Waals surface area contributed by atoms with Crippen molar-refractivity contribution in [2.45, 2.75) is 11.8 Å². The number of rotatable bonds is 3. The van der Waals surface area contributed by atoms with Gasteiger partial charge < -0.3 is 15.2 Å². The van der Waals surface area contributed by atoms with E-state index >= 15 is 0 Å². The van der Waals surface area contributed by atoms with Crippen LogP contribution in [0.15, 0.2) is 53.7 Å². The molecule has 174 valence electrons. The number of hydrogen-bond donors (Lipinski definition) is 1. The number of nitrogens with zero attached hydrogens (tertiary/aromatic N) is 3. The lowest BCUT2D eigenvalue weighted by atomic mass is 9.81. The zero-order valence-corrected chi connectivity index (χ0v) is 17.9. The summed E-state index contributed by atoms with van der Waals surface area (Å²) in [5.74, 6) is -3.20. The minimum absolute atomic E-state index is 0.0616. The first-order valence-electron chi connectivity index (χ1n) is 9.67. The number of nitrogens with two attached hydrogens (primary N) is 1. The Balaban J connectivity index is 1.74. The van der Waals surface area contributed by atoms with Crippen molar-refractivity contribution in [3.63, 3.8) is 0 Å². The Kier molecular flexibility index (Phi) is 4.73. The molecule has 7 nitrogen and oxygen atoms in total. The van der Waals surface area contributed by atoms with Crippen LogP contribution in [0.1, 0.15) is 11.1 Å². The Bertz CT molecular complexity index is 1400. The van der Waals surface area contributed by atoms with Crippen molar-refractivity contribution in [2.24, 2.45) is 10.7 Å². The number of likely N-dealkylation sites (N-methyl/N-ethyl adjacent to an activating group) is 1. The number of carbonyl (C=O) groups excluding carboxylic acids is 1. The molecule has 3 heterocycles. The highest BCUT2D eigenvalue weighted by atomic mass is 35.5. The number of benzene rings is 2. The van der Waals surface area contributed by atoms with E-state index in [2.05, 4.69) is 19.5 Å². The summed E-state index contributed by atoms with van der Waals surface area (Å²) in [6.45, 7) is 0. The van der Waals surface area contributed by atoms with Crippen molar-refractivity contribution >= 4 is 23.5 Å². The minimum atomic E-state index is -3.88. The van der Waals surface area contributed by atoms with E-state index in [1.807, 2.05) is 0 Å². The molecule has 1 atom stereocenters. The van der Waals surface area contributed by atoms with Gasteiger partial charge in [-0.15, -0.1) is 8.78 Å². The summed E-state index contributed by atoms with van der Waals surface area (Å²) in [4.78, 5) is 22.3. The van der Waals surface area contributed by atoms with Gasteiger partial charge in [-0.1, -0.05) is 23.7 Å². The number of guanidine groups is 1. The molecule has 1 amide bonds. The predicted molar refractivity (Wildman–Crippen MR) is 112 cm³/mol. The van der Waals surface area contributed by atoms with Crippen molar-refractivity contribution in [3.8, 4) is 22.6 Å². The van der Waals surface area contributed by atoms with Crippen molar-refractivity contribution < 1.29 is 31.8 Å². The van der Waals surface area contributed by atoms with Crippen LogP contribution in [-0.2, 0) is 10.3 Å². The summed E-state index contributed by atoms with van der Waals surface area (Å²) in [7, 11) is 1.37. The number of aromatic nitrogens is 1. The molecule has 12 heteroatoms. The van der Waals surface area contributed by atoms with E-state index < -0.39 is 29.5 Å². The van der Waals surface area contributed by atoms with E-state index in [1.165, 1.54) is 37.4 Å². The van der Waals surface area contributed by atoms with Crippen molar-refractivity contribution in [3.05, 3.63) is 76.6 Å². The number of ether oxygens (including phenoxy) is 2. The topological polar surface area (TPSA) is 90.0 Å². The molecule has 2 aliphatic rings. The summed E-state index contributed by atoms with van der Waals surface area (Å²) < 4.78 is 65.3. The molecule has 2 aliphatic heterocycles. The van der Waals surface area contributed by atoms with Gasteiger partial charge in [0.25, 0.3) is 5.91 Å². The van der Waals surface area contributed by atoms with Crippen LogP contribution in [0.5, 0.6) is 11.5 Å². The van der Waals surface area contributed by atoms with Gasteiger partial charge >= 0.3 is 6.29 Å². The van der Waals surface area contributed by atoms with Gasteiger partial charge in [0, 0.05) is 24.4 Å². The first-order valence-corrected chi connectivity index (χ1v) is 10.0. The van der Waals surface area contributed by atoms with Crippen LogP contribution in [-0.4, -0.2) is 35.1 Å². The van der Waals surface area contributed by atoms with Gasteiger partial charge in [0.1, 0.15) is 5.82 Å². The second kappa shape index (κ2) is 7.32. The average Bonchev–Trinajstić information content (AvgIpc) is 3.22. The van der Waals surface area contributed by atoms with Gasteiger partial charge in [-0.2, -0.15) is 4.39 Å². The molecule has 34 heavy (non-hydrogen) atoms. The number of amides is 1. The summed E-state index contributed by atoms with van der Waals surface area (Å²) >= 11 is 5.91. The van der Waals surface area contributed by atoms with Crippen molar-refractivity contribution in [1.29, 1.82) is 0 Å². The molecule has 0 aliphatic carbocycles. The Morgan fingerprint density at radius 3 is 2.38 bits per heavy atom. The van der Waals surface area contributed by atoms with Crippen LogP contribution in [0, 0.1) is 11.8 Å². The summed E-state index contributed by atoms with van der Waals surface area (Å²) in [6, 6.07) is 8.36. The molecule has 2 N–H and O–H groups in total. The largest absolute Gasteiger partial charge is 0.586 e. The van der Waals surface area contributed by atoms with Crippen LogP contribution in [0.2, 0.25) is 5.02 Å². The van der Waals surface area contributed by atoms with Crippen LogP contribution >= 0.6 is 11.6 Å². The second-order valence-electron chi connectivity index (χ2n) is 7.56. The Morgan fingerprint density at radius 2 is 1.68 bits per heavy atom. The zero-order chi connectivity index (χ0) is 24.4. The van der Waals surface area contributed by atoms with Crippen LogP contribution in [0.3, 0.4) is 0 Å². The highest BCUT2D eigenvalue weighted by Crippen LogP contribution is 2.47. The van der Waals surface area contributed by atoms with Gasteiger partial charge in [0.15, 0.2) is 23.0 Å². The number of hydrogen-bond acceptors (Lipinski definition) is 6. The highest BCUT2D eigenvalue weighted by Gasteiger charge is 2.51. The second-order valence-corrected chi connectivity index (χ2v) is 8.00. The lowest BCUT2D eigenvalue weighted by Crippen LogP contribution is -2.41. The Morgan fingerprint density at radius 1 is 1.00 bits per heavy atom. The molecule has 2 aromatic carbocycles. The van der Waals surface area contributed by atoms with Gasteiger partial charge in [0.2, 0.25) is 5.95 Å². The lowest BCUT2D eigenvalue weighted by molar-refractivity contribution is -0.286. The number of halogens is 5. The fraction of sp³-hybridized carbons (Fsp3) is 0.136. The molecule has 5 rings (SSSR count). The van der Waals surface area contributed by atoms with E-state index in [4.69, 9.17) is 17.3 Å². The number of pyridine rings is 1. The van der Waals surface area contributed by atoms with Gasteiger partial charge in [-0.25, -0.2) is 14.4 Å². The molecular weight excluding hydrogens is 480 g/mol. The SMILES string of the molecule is CN1C(=O)C(c2ccc3c(c2)OC(F)(F)O3)(c2ccc(F)c(-c3cc(Cl)cnc3F)c2)N=C1N. The lowest BCUT2D eigenvalue weighted by Gasteiger charge is -2.27. The van der Waals surface area contributed by atoms with Crippen LogP contribution < -0.4 is 15.2 Å². The summed E-state index contributed by atoms with van der Waals surface area (Å²) in [5, 5.41) is 0.0616. The van der Waals surface area contributed by atoms with E-state index in [0.29, 0.717) is 0 Å². The van der Waals surface area contributed by atoms with E-state index in [1.54, 1.807) is 0 Å². The molecule has 0 radical (unpaired) electrons. The third-order valence-electron chi connectivity index (χ3n) is 5.54. The van der Waals surface area contributed by atoms with Gasteiger partial charge in [0.05, 0.1) is 5.02 Å². The van der Waals surface area contributed by atoms with E-state index in [-0.39, 0.29) is 44.7 Å². The maximum atomic E-state index is 14.8. The molecule has 3 aromatic rings. The molecule has 1 aromatic heterocycles. The maximum absolute atomic E-state index is 14.8. The molecule has 0 spiro atoms. The number of alkyl halides is 2. The normalized spacial score (nSPS) is 20.6. The third kappa shape index (κ3) is 3.23. The number of aliphatic imine (C=N–C) groups is 1. The van der Waals surface area contributed by atoms with Crippen molar-refractivity contribution in [2.75, 3.05) is 7.05 Å². The quantitative estimate of drug-likeness (QED) is 0.440. The molecule has 1 unspecified atom stereocenters. The smallest absolute Gasteiger partial charge is 0.395 e. The Labute approximate surface area is 194 Å². The monoisotopic (exact) mass is 492 g/mol. The van der Waals surface area contributed by atoms with Gasteiger partial charge in [-0.3, -0.25) is 9.69 Å². The zero-order valence-electron chi connectivity index (χ0n) is 17.2. The van der Waals surface area contributed by atoms with E-state index in [9.17, 15) is 22.4 Å². The first kappa shape index (κ1) is 22.0. The summed E-state index contributed by atoms with van der Waals surface area (Å²) in [6.07, 6.45) is -2.82. The summed E-state index contributed by atoms with van der Waals surface area (Å²) in [5.41, 5.74) is 3.70. The maximum Gasteiger partial charge on any atom is 0.586 e. The molecule has 0 saturated heterocycles. The number of carbonyl (C=O) groups is 1. The standard InChI is InChI=1S/C22H13ClF4N4O3/c1-31-19(32)21(30-20(31)28,11-3-5-16-17(7-11)34-22(26,27)33-16)10-2-4-15(24)13(6-10)14-8-12(23)9-29-18(14)25/h2-9H,1H3,(H2,28,30). The highest BCUT2D eigenvalue weighted by molar-refractivity contribution is 6.30. The number of fused-ring (bicyclic) bond motifs is 1. The molecular formula is C22H13ClF4N4O3. The average molecular weight is 493 g/mol. The van der Waals surface area contributed by atoms with Gasteiger partial charge in [-0.05, 0) is 41.5 Å². The Hall–Kier alpha value is -3.86. The minimum Gasteiger partial charge on any atom is -0.395 e. The molecule has 0 bridgehead atoms. The third-order valence-corrected chi connectivity index (χ3v) is 5.75. The predicted octanol–water partition coefficient (Wildman–Crippen LogP) is 4.03. The first-order chi connectivity index (χ1) is 16.0. The fourth-order valence-electron chi connectivity index (χ4n) is 3.93.